The number of rotatable bonds is 12. The maximum atomic E-state index is 13.1. The highest BCUT2D eigenvalue weighted by Gasteiger charge is 2.18. The second kappa shape index (κ2) is 13.5. The van der Waals surface area contributed by atoms with Crippen molar-refractivity contribution in [2.24, 2.45) is 0 Å². The number of aryl methyl sites for hydroxylation is 2. The Bertz CT molecular complexity index is 1210. The van der Waals surface area contributed by atoms with Crippen LogP contribution in [0.2, 0.25) is 5.02 Å². The number of benzene rings is 2. The van der Waals surface area contributed by atoms with Crippen LogP contribution >= 0.6 is 11.6 Å². The smallest absolute Gasteiger partial charge is 0.251 e. The van der Waals surface area contributed by atoms with E-state index >= 15 is 0 Å². The molecule has 3 rings (SSSR count). The number of nitrogens with one attached hydrogen (secondary N) is 1. The molecular weight excluding hydrogens is 500 g/mol. The van der Waals surface area contributed by atoms with Gasteiger partial charge in [0.2, 0.25) is 5.91 Å². The summed E-state index contributed by atoms with van der Waals surface area (Å²) >= 11 is 6.35. The molecule has 0 aliphatic heterocycles. The van der Waals surface area contributed by atoms with Crippen LogP contribution in [0.1, 0.15) is 62.3 Å². The molecule has 3 aromatic rings. The molecule has 1 atom stereocenters. The van der Waals surface area contributed by atoms with E-state index in [1.807, 2.05) is 13.8 Å². The Balaban J connectivity index is 1.75. The Hall–Kier alpha value is -3.32. The number of carbonyl (C=O) groups is 2. The maximum absolute atomic E-state index is 13.1. The summed E-state index contributed by atoms with van der Waals surface area (Å²) in [6.07, 6.45) is 4.41. The second-order valence-electron chi connectivity index (χ2n) is 9.89. The summed E-state index contributed by atoms with van der Waals surface area (Å²) in [5.74, 6) is 1.40. The number of aromatic nitrogens is 2. The first-order valence-electron chi connectivity index (χ1n) is 13.2. The number of halogens is 1. The first-order valence-corrected chi connectivity index (χ1v) is 13.6. The average Bonchev–Trinajstić information content (AvgIpc) is 3.32. The number of nitrogens with zero attached hydrogens (tertiary/aromatic N) is 3. The number of amides is 2. The van der Waals surface area contributed by atoms with Crippen molar-refractivity contribution in [3.8, 4) is 17.0 Å². The van der Waals surface area contributed by atoms with Gasteiger partial charge in [-0.2, -0.15) is 0 Å². The van der Waals surface area contributed by atoms with Gasteiger partial charge in [0.25, 0.3) is 5.91 Å². The predicted octanol–water partition coefficient (Wildman–Crippen LogP) is 5.78. The lowest BCUT2D eigenvalue weighted by Gasteiger charge is -2.20. The van der Waals surface area contributed by atoms with Crippen LogP contribution in [-0.2, 0) is 24.2 Å². The van der Waals surface area contributed by atoms with Crippen molar-refractivity contribution >= 4 is 23.4 Å². The van der Waals surface area contributed by atoms with Crippen LogP contribution in [0.15, 0.2) is 48.7 Å². The summed E-state index contributed by atoms with van der Waals surface area (Å²) in [7, 11) is 3.47. The molecule has 0 bridgehead atoms. The van der Waals surface area contributed by atoms with Gasteiger partial charge in [0.1, 0.15) is 11.6 Å². The van der Waals surface area contributed by atoms with Crippen molar-refractivity contribution in [2.45, 2.75) is 72.1 Å². The zero-order chi connectivity index (χ0) is 27.8. The largest absolute Gasteiger partial charge is 0.489 e. The van der Waals surface area contributed by atoms with Crippen molar-refractivity contribution in [3.05, 3.63) is 70.6 Å². The van der Waals surface area contributed by atoms with E-state index in [2.05, 4.69) is 54.2 Å². The lowest BCUT2D eigenvalue weighted by molar-refractivity contribution is -0.128. The molecule has 1 N–H and O–H groups in total. The summed E-state index contributed by atoms with van der Waals surface area (Å²) in [6.45, 7) is 8.95. The minimum Gasteiger partial charge on any atom is -0.489 e. The topological polar surface area (TPSA) is 76.5 Å². The molecule has 0 unspecified atom stereocenters. The number of hydrogen-bond donors (Lipinski definition) is 1. The number of carbonyl (C=O) groups excluding carboxylic acids is 2. The number of hydrogen-bond acceptors (Lipinski definition) is 4. The second-order valence-corrected chi connectivity index (χ2v) is 10.3. The zero-order valence-corrected chi connectivity index (χ0v) is 24.0. The lowest BCUT2D eigenvalue weighted by Crippen LogP contribution is -2.37. The molecule has 0 aliphatic rings. The normalized spacial score (nSPS) is 11.9. The van der Waals surface area contributed by atoms with E-state index in [0.717, 1.165) is 35.6 Å². The van der Waals surface area contributed by atoms with Crippen LogP contribution in [0.5, 0.6) is 5.75 Å². The molecule has 2 amide bonds. The highest BCUT2D eigenvalue weighted by molar-refractivity contribution is 6.32. The van der Waals surface area contributed by atoms with Crippen molar-refractivity contribution < 1.29 is 14.3 Å². The van der Waals surface area contributed by atoms with Gasteiger partial charge in [-0.1, -0.05) is 42.8 Å². The van der Waals surface area contributed by atoms with Crippen molar-refractivity contribution in [3.63, 3.8) is 0 Å². The molecule has 0 radical (unpaired) electrons. The van der Waals surface area contributed by atoms with Crippen LogP contribution < -0.4 is 10.1 Å². The number of imidazole rings is 1. The fourth-order valence-corrected chi connectivity index (χ4v) is 4.48. The maximum Gasteiger partial charge on any atom is 0.251 e. The molecule has 0 saturated heterocycles. The van der Waals surface area contributed by atoms with Crippen LogP contribution in [0.4, 0.5) is 0 Å². The molecule has 1 aromatic heterocycles. The fraction of sp³-hybridized carbons (Fsp3) is 0.433. The molecule has 0 spiro atoms. The Morgan fingerprint density at radius 1 is 1.11 bits per heavy atom. The Kier molecular flexibility index (Phi) is 10.4. The monoisotopic (exact) mass is 538 g/mol. The van der Waals surface area contributed by atoms with Crippen LogP contribution in [0.3, 0.4) is 0 Å². The van der Waals surface area contributed by atoms with Crippen molar-refractivity contribution in [1.29, 1.82) is 0 Å². The Labute approximate surface area is 231 Å². The van der Waals surface area contributed by atoms with E-state index in [9.17, 15) is 9.59 Å². The van der Waals surface area contributed by atoms with Gasteiger partial charge < -0.3 is 19.5 Å². The van der Waals surface area contributed by atoms with Crippen molar-refractivity contribution in [1.82, 2.24) is 19.8 Å². The van der Waals surface area contributed by atoms with Gasteiger partial charge in [0.15, 0.2) is 0 Å². The first-order chi connectivity index (χ1) is 18.1. The van der Waals surface area contributed by atoms with Gasteiger partial charge in [-0.15, -0.1) is 0 Å². The van der Waals surface area contributed by atoms with E-state index in [1.165, 1.54) is 0 Å². The SMILES string of the molecule is CCc1nc(-c2ccc(C[C@@H](CCC(=O)N(C)C)NC(=O)c3ccc(OC(C)C)c(Cl)c3)cc2)cn1CC. The summed E-state index contributed by atoms with van der Waals surface area (Å²) in [6, 6.07) is 13.1. The predicted molar refractivity (Wildman–Crippen MR) is 153 cm³/mol. The van der Waals surface area contributed by atoms with E-state index in [-0.39, 0.29) is 24.0 Å². The van der Waals surface area contributed by atoms with Gasteiger partial charge in [-0.3, -0.25) is 9.59 Å². The van der Waals surface area contributed by atoms with Gasteiger partial charge in [-0.05, 0) is 57.4 Å². The molecule has 204 valence electrons. The molecule has 1 heterocycles. The highest BCUT2D eigenvalue weighted by Crippen LogP contribution is 2.27. The molecule has 38 heavy (non-hydrogen) atoms. The molecule has 0 fully saturated rings. The number of ether oxygens (including phenoxy) is 1. The zero-order valence-electron chi connectivity index (χ0n) is 23.3. The van der Waals surface area contributed by atoms with Gasteiger partial charge >= 0.3 is 0 Å². The molecule has 0 saturated carbocycles. The third-order valence-electron chi connectivity index (χ3n) is 6.35. The highest BCUT2D eigenvalue weighted by atomic mass is 35.5. The standard InChI is InChI=1S/C30H39ClN4O3/c1-7-28-33-26(19-35(28)8-2)22-11-9-21(10-12-22)17-24(14-16-29(36)34(5)6)32-30(37)23-13-15-27(25(31)18-23)38-20(3)4/h9-13,15,18-20,24H,7-8,14,16-17H2,1-6H3,(H,32,37)/t24-/m1/s1. The average molecular weight is 539 g/mol. The summed E-state index contributed by atoms with van der Waals surface area (Å²) < 4.78 is 7.85. The van der Waals surface area contributed by atoms with Gasteiger partial charge in [0.05, 0.1) is 16.8 Å². The fourth-order valence-electron chi connectivity index (χ4n) is 4.25. The summed E-state index contributed by atoms with van der Waals surface area (Å²) in [5, 5.41) is 3.50. The third-order valence-corrected chi connectivity index (χ3v) is 6.64. The molecule has 8 heteroatoms. The van der Waals surface area contributed by atoms with E-state index in [0.29, 0.717) is 35.6 Å². The summed E-state index contributed by atoms with van der Waals surface area (Å²) in [5.41, 5.74) is 3.53. The van der Waals surface area contributed by atoms with E-state index < -0.39 is 0 Å². The molecule has 0 aliphatic carbocycles. The Morgan fingerprint density at radius 2 is 1.82 bits per heavy atom. The third kappa shape index (κ3) is 7.84. The molecular formula is C30H39ClN4O3. The lowest BCUT2D eigenvalue weighted by atomic mass is 9.99. The molecule has 7 nitrogen and oxygen atoms in total. The Morgan fingerprint density at radius 3 is 2.37 bits per heavy atom. The van der Waals surface area contributed by atoms with E-state index in [1.54, 1.807) is 37.2 Å². The first kappa shape index (κ1) is 29.2. The van der Waals surface area contributed by atoms with E-state index in [4.69, 9.17) is 21.3 Å². The quantitative estimate of drug-likeness (QED) is 0.317. The summed E-state index contributed by atoms with van der Waals surface area (Å²) in [4.78, 5) is 31.7. The van der Waals surface area contributed by atoms with Crippen LogP contribution in [0.25, 0.3) is 11.3 Å². The van der Waals surface area contributed by atoms with Gasteiger partial charge in [-0.25, -0.2) is 4.98 Å². The van der Waals surface area contributed by atoms with Crippen LogP contribution in [-0.4, -0.2) is 52.5 Å². The van der Waals surface area contributed by atoms with Crippen LogP contribution in [0, 0.1) is 0 Å². The van der Waals surface area contributed by atoms with Crippen molar-refractivity contribution in [2.75, 3.05) is 14.1 Å². The molecule has 2 aromatic carbocycles. The van der Waals surface area contributed by atoms with Gasteiger partial charge in [0, 0.05) is 56.8 Å². The minimum absolute atomic E-state index is 0.0202. The minimum atomic E-state index is -0.237.